The van der Waals surface area contributed by atoms with Crippen molar-refractivity contribution in [2.75, 3.05) is 19.8 Å². The van der Waals surface area contributed by atoms with Crippen LogP contribution >= 0.6 is 11.8 Å². The molecule has 0 aliphatic heterocycles. The van der Waals surface area contributed by atoms with Gasteiger partial charge in [-0.25, -0.2) is 13.2 Å². The van der Waals surface area contributed by atoms with Gasteiger partial charge in [0.25, 0.3) is 0 Å². The minimum atomic E-state index is -3.25. The van der Waals surface area contributed by atoms with Gasteiger partial charge in [-0.3, -0.25) is 0 Å². The van der Waals surface area contributed by atoms with Gasteiger partial charge in [0.15, 0.2) is 9.84 Å². The van der Waals surface area contributed by atoms with Gasteiger partial charge in [0.2, 0.25) is 0 Å². The largest absolute Gasteiger partial charge is 0.444 e. The summed E-state index contributed by atoms with van der Waals surface area (Å²) >= 11 is 1.65. The van der Waals surface area contributed by atoms with Crippen molar-refractivity contribution in [2.45, 2.75) is 53.9 Å². The second kappa shape index (κ2) is 9.58. The Hall–Kier alpha value is -2.45. The third-order valence-corrected chi connectivity index (χ3v) is 7.17. The zero-order valence-corrected chi connectivity index (χ0v) is 20.8. The number of hydrogen-bond acceptors (Lipinski definition) is 5. The number of H-pyrrole nitrogens is 1. The van der Waals surface area contributed by atoms with Crippen molar-refractivity contribution in [3.63, 3.8) is 0 Å². The molecule has 1 heterocycles. The van der Waals surface area contributed by atoms with E-state index in [0.717, 1.165) is 33.5 Å². The fraction of sp³-hybridized carbons (Fsp3) is 0.375. The molecule has 0 spiro atoms. The third kappa shape index (κ3) is 6.29. The molecule has 0 bridgehead atoms. The molecule has 0 saturated heterocycles. The number of carbonyl (C=O) groups excluding carboxylic acids is 1. The van der Waals surface area contributed by atoms with Crippen molar-refractivity contribution < 1.29 is 17.9 Å². The van der Waals surface area contributed by atoms with E-state index in [0.29, 0.717) is 11.4 Å². The minimum absolute atomic E-state index is 0.304. The van der Waals surface area contributed by atoms with Crippen LogP contribution < -0.4 is 0 Å². The Morgan fingerprint density at radius 1 is 1.12 bits per heavy atom. The predicted molar refractivity (Wildman–Crippen MR) is 129 cm³/mol. The number of aromatic nitrogens is 1. The first-order valence-electron chi connectivity index (χ1n) is 10.4. The Bertz CT molecular complexity index is 1210. The Morgan fingerprint density at radius 3 is 2.53 bits per heavy atom. The molecule has 0 aliphatic carbocycles. The average molecular weight is 475 g/mol. The van der Waals surface area contributed by atoms with Gasteiger partial charge in [0.1, 0.15) is 5.60 Å². The van der Waals surface area contributed by atoms with Crippen LogP contribution in [0, 0.1) is 0 Å². The number of hydrogen-bond donors (Lipinski definition) is 1. The van der Waals surface area contributed by atoms with Gasteiger partial charge < -0.3 is 14.6 Å². The first-order chi connectivity index (χ1) is 14.9. The number of nitrogens with zero attached hydrogens (tertiary/aromatic N) is 1. The molecule has 6 nitrogen and oxygen atoms in total. The van der Waals surface area contributed by atoms with Crippen LogP contribution in [0.25, 0.3) is 10.9 Å². The number of benzene rings is 2. The van der Waals surface area contributed by atoms with Crippen molar-refractivity contribution in [2.24, 2.45) is 0 Å². The second-order valence-electron chi connectivity index (χ2n) is 8.85. The van der Waals surface area contributed by atoms with Crippen molar-refractivity contribution in [3.05, 3.63) is 54.2 Å². The minimum Gasteiger partial charge on any atom is -0.444 e. The van der Waals surface area contributed by atoms with Crippen molar-refractivity contribution in [1.82, 2.24) is 9.88 Å². The lowest BCUT2D eigenvalue weighted by Gasteiger charge is -2.24. The lowest BCUT2D eigenvalue weighted by Crippen LogP contribution is -2.34. The number of ether oxygens (including phenoxy) is 1. The van der Waals surface area contributed by atoms with Crippen LogP contribution in [0.4, 0.5) is 4.79 Å². The number of rotatable bonds is 7. The number of aryl methyl sites for hydroxylation is 1. The standard InChI is InChI=1S/C24H30N2O4S2/c1-24(2,3)30-23(27)26(4)14-8-10-17-9-6-7-11-21(17)31-22-16-25-20-15-18(32(5,28)29)12-13-19(20)22/h6-7,9,11-13,15-16,25H,8,10,14H2,1-5H3. The molecule has 0 saturated carbocycles. The van der Waals surface area contributed by atoms with Gasteiger partial charge >= 0.3 is 6.09 Å². The average Bonchev–Trinajstić information content (AvgIpc) is 3.09. The summed E-state index contributed by atoms with van der Waals surface area (Å²) in [4.78, 5) is 19.4. The van der Waals surface area contributed by atoms with E-state index in [-0.39, 0.29) is 6.09 Å². The van der Waals surface area contributed by atoms with Crippen LogP contribution in [-0.2, 0) is 21.0 Å². The quantitative estimate of drug-likeness (QED) is 0.488. The Morgan fingerprint density at radius 2 is 1.84 bits per heavy atom. The van der Waals surface area contributed by atoms with Crippen LogP contribution in [0.3, 0.4) is 0 Å². The maximum absolute atomic E-state index is 12.1. The molecule has 8 heteroatoms. The van der Waals surface area contributed by atoms with Gasteiger partial charge in [-0.2, -0.15) is 0 Å². The molecule has 32 heavy (non-hydrogen) atoms. The number of amides is 1. The Labute approximate surface area is 194 Å². The van der Waals surface area contributed by atoms with E-state index >= 15 is 0 Å². The Balaban J connectivity index is 1.69. The van der Waals surface area contributed by atoms with E-state index < -0.39 is 15.4 Å². The summed E-state index contributed by atoms with van der Waals surface area (Å²) in [6.45, 7) is 6.19. The van der Waals surface area contributed by atoms with Gasteiger partial charge in [-0.1, -0.05) is 36.0 Å². The highest BCUT2D eigenvalue weighted by Crippen LogP contribution is 2.36. The van der Waals surface area contributed by atoms with Crippen molar-refractivity contribution in [1.29, 1.82) is 0 Å². The van der Waals surface area contributed by atoms with Crippen molar-refractivity contribution in [3.8, 4) is 0 Å². The molecule has 0 unspecified atom stereocenters. The van der Waals surface area contributed by atoms with E-state index in [1.54, 1.807) is 35.8 Å². The van der Waals surface area contributed by atoms with Crippen LogP contribution in [-0.4, -0.2) is 49.8 Å². The normalized spacial score (nSPS) is 12.2. The zero-order chi connectivity index (χ0) is 23.5. The molecule has 0 radical (unpaired) electrons. The highest BCUT2D eigenvalue weighted by molar-refractivity contribution is 7.99. The number of nitrogens with one attached hydrogen (secondary N) is 1. The third-order valence-electron chi connectivity index (χ3n) is 4.88. The maximum Gasteiger partial charge on any atom is 0.410 e. The van der Waals surface area contributed by atoms with E-state index in [1.807, 2.05) is 45.2 Å². The van der Waals surface area contributed by atoms with E-state index in [4.69, 9.17) is 4.74 Å². The summed E-state index contributed by atoms with van der Waals surface area (Å²) in [5.74, 6) is 0. The highest BCUT2D eigenvalue weighted by atomic mass is 32.2. The summed E-state index contributed by atoms with van der Waals surface area (Å²) in [6, 6.07) is 13.4. The lowest BCUT2D eigenvalue weighted by molar-refractivity contribution is 0.0297. The molecular formula is C24H30N2O4S2. The topological polar surface area (TPSA) is 79.5 Å². The lowest BCUT2D eigenvalue weighted by atomic mass is 10.1. The SMILES string of the molecule is CN(CCCc1ccccc1Sc1c[nH]c2cc(S(C)(=O)=O)ccc12)C(=O)OC(C)(C)C. The smallest absolute Gasteiger partial charge is 0.410 e. The molecule has 0 fully saturated rings. The molecule has 1 N–H and O–H groups in total. The summed E-state index contributed by atoms with van der Waals surface area (Å²) in [5.41, 5.74) is 1.50. The first-order valence-corrected chi connectivity index (χ1v) is 13.2. The fourth-order valence-corrected chi connectivity index (χ4v) is 5.00. The van der Waals surface area contributed by atoms with E-state index in [2.05, 4.69) is 17.1 Å². The predicted octanol–water partition coefficient (Wildman–Crippen LogP) is 5.52. The molecule has 1 amide bonds. The van der Waals surface area contributed by atoms with Crippen LogP contribution in [0.1, 0.15) is 32.8 Å². The molecule has 0 aliphatic rings. The van der Waals surface area contributed by atoms with E-state index in [1.165, 1.54) is 11.8 Å². The monoisotopic (exact) mass is 474 g/mol. The fourth-order valence-electron chi connectivity index (χ4n) is 3.26. The van der Waals surface area contributed by atoms with E-state index in [9.17, 15) is 13.2 Å². The number of sulfone groups is 1. The summed E-state index contributed by atoms with van der Waals surface area (Å²) < 4.78 is 29.1. The van der Waals surface area contributed by atoms with Gasteiger partial charge in [0.05, 0.1) is 4.90 Å². The van der Waals surface area contributed by atoms with Gasteiger partial charge in [-0.15, -0.1) is 0 Å². The molecule has 2 aromatic carbocycles. The Kier molecular flexibility index (Phi) is 7.25. The number of fused-ring (bicyclic) bond motifs is 1. The van der Waals surface area contributed by atoms with Crippen LogP contribution in [0.5, 0.6) is 0 Å². The van der Waals surface area contributed by atoms with Crippen molar-refractivity contribution >= 4 is 38.6 Å². The zero-order valence-electron chi connectivity index (χ0n) is 19.1. The molecule has 0 atom stereocenters. The second-order valence-corrected chi connectivity index (χ2v) is 11.9. The van der Waals surface area contributed by atoms with Crippen LogP contribution in [0.2, 0.25) is 0 Å². The highest BCUT2D eigenvalue weighted by Gasteiger charge is 2.19. The van der Waals surface area contributed by atoms with Gasteiger partial charge in [0, 0.05) is 46.7 Å². The first kappa shape index (κ1) is 24.2. The molecule has 3 rings (SSSR count). The maximum atomic E-state index is 12.1. The molecule has 3 aromatic rings. The molecular weight excluding hydrogens is 444 g/mol. The van der Waals surface area contributed by atoms with Gasteiger partial charge in [-0.05, 0) is 57.4 Å². The summed E-state index contributed by atoms with van der Waals surface area (Å²) in [5, 5.41) is 0.988. The number of carbonyl (C=O) groups is 1. The van der Waals surface area contributed by atoms with Crippen LogP contribution in [0.15, 0.2) is 63.3 Å². The summed E-state index contributed by atoms with van der Waals surface area (Å²) in [6.07, 6.45) is 4.46. The molecule has 1 aromatic heterocycles. The number of aromatic amines is 1. The molecule has 172 valence electrons. The summed E-state index contributed by atoms with van der Waals surface area (Å²) in [7, 11) is -1.49.